The van der Waals surface area contributed by atoms with Crippen LogP contribution in [0.25, 0.3) is 0 Å². The van der Waals surface area contributed by atoms with E-state index in [0.717, 1.165) is 13.1 Å². The summed E-state index contributed by atoms with van der Waals surface area (Å²) in [5.74, 6) is -0.107. The molecule has 0 unspecified atom stereocenters. The van der Waals surface area contributed by atoms with Gasteiger partial charge in [0.15, 0.2) is 0 Å². The first-order valence-corrected chi connectivity index (χ1v) is 6.15. The summed E-state index contributed by atoms with van der Waals surface area (Å²) in [4.78, 5) is 15.9. The first-order chi connectivity index (χ1) is 9.02. The number of carbonyl (C=O) groups is 1. The lowest BCUT2D eigenvalue weighted by atomic mass is 10.2. The van der Waals surface area contributed by atoms with Gasteiger partial charge in [0, 0.05) is 13.1 Å². The predicted octanol–water partition coefficient (Wildman–Crippen LogP) is 0.990. The number of nitrogens with one attached hydrogen (secondary N) is 1. The summed E-state index contributed by atoms with van der Waals surface area (Å²) >= 11 is 0. The summed E-state index contributed by atoms with van der Waals surface area (Å²) in [5, 5.41) is 11.7. The van der Waals surface area contributed by atoms with Crippen molar-refractivity contribution >= 4 is 11.6 Å². The van der Waals surface area contributed by atoms with E-state index in [2.05, 4.69) is 16.3 Å². The van der Waals surface area contributed by atoms with Crippen molar-refractivity contribution in [3.05, 3.63) is 29.8 Å². The van der Waals surface area contributed by atoms with E-state index in [0.29, 0.717) is 17.8 Å². The molecule has 1 aromatic carbocycles. The molecule has 1 amide bonds. The molecule has 0 bridgehead atoms. The first kappa shape index (κ1) is 15.2. The number of hydrogen-bond acceptors (Lipinski definition) is 4. The molecule has 1 N–H and O–H groups in total. The van der Waals surface area contributed by atoms with Crippen molar-refractivity contribution in [2.45, 2.75) is 0 Å². The molecule has 1 rings (SSSR count). The number of para-hydroxylation sites is 1. The molecule has 0 atom stereocenters. The molecule has 0 spiro atoms. The molecule has 19 heavy (non-hydrogen) atoms. The summed E-state index contributed by atoms with van der Waals surface area (Å²) in [6, 6.07) is 9.05. The molecular formula is C14H20N4O. The third-order valence-corrected chi connectivity index (χ3v) is 2.66. The van der Waals surface area contributed by atoms with Crippen LogP contribution in [0.1, 0.15) is 5.56 Å². The Hall–Kier alpha value is -1.90. The molecule has 102 valence electrons. The minimum atomic E-state index is -0.107. The lowest BCUT2D eigenvalue weighted by Gasteiger charge is -2.18. The summed E-state index contributed by atoms with van der Waals surface area (Å²) in [5.41, 5.74) is 1.04. The minimum absolute atomic E-state index is 0.107. The summed E-state index contributed by atoms with van der Waals surface area (Å²) in [6.45, 7) is 2.03. The Balaban J connectivity index is 2.49. The number of likely N-dealkylation sites (N-methyl/N-ethyl adjacent to an activating group) is 2. The van der Waals surface area contributed by atoms with E-state index in [4.69, 9.17) is 5.26 Å². The SMILES string of the molecule is CN(C)CCN(C)CC(=O)Nc1ccccc1C#N. The topological polar surface area (TPSA) is 59.4 Å². The van der Waals surface area contributed by atoms with Crippen molar-refractivity contribution in [3.63, 3.8) is 0 Å². The van der Waals surface area contributed by atoms with Gasteiger partial charge in [0.2, 0.25) is 5.91 Å². The average molecular weight is 260 g/mol. The van der Waals surface area contributed by atoms with Crippen molar-refractivity contribution in [2.24, 2.45) is 0 Å². The fourth-order valence-corrected chi connectivity index (χ4v) is 1.57. The number of carbonyl (C=O) groups excluding carboxylic acids is 1. The Bertz CT molecular complexity index is 465. The van der Waals surface area contributed by atoms with E-state index >= 15 is 0 Å². The highest BCUT2D eigenvalue weighted by atomic mass is 16.2. The largest absolute Gasteiger partial charge is 0.324 e. The second-order valence-corrected chi connectivity index (χ2v) is 4.75. The zero-order chi connectivity index (χ0) is 14.3. The maximum absolute atomic E-state index is 11.9. The number of rotatable bonds is 6. The molecular weight excluding hydrogens is 240 g/mol. The van der Waals surface area contributed by atoms with Gasteiger partial charge in [-0.25, -0.2) is 0 Å². The van der Waals surface area contributed by atoms with Crippen molar-refractivity contribution in [1.82, 2.24) is 9.80 Å². The monoisotopic (exact) mass is 260 g/mol. The maximum atomic E-state index is 11.9. The normalized spacial score (nSPS) is 10.5. The molecule has 0 aromatic heterocycles. The number of hydrogen-bond donors (Lipinski definition) is 1. The molecule has 0 saturated heterocycles. The van der Waals surface area contributed by atoms with Crippen LogP contribution in [0.4, 0.5) is 5.69 Å². The van der Waals surface area contributed by atoms with Crippen LogP contribution in [0.2, 0.25) is 0 Å². The molecule has 0 radical (unpaired) electrons. The predicted molar refractivity (Wildman–Crippen MR) is 75.8 cm³/mol. The molecule has 0 aliphatic rings. The standard InChI is InChI=1S/C14H20N4O/c1-17(2)8-9-18(3)11-14(19)16-13-7-5-4-6-12(13)10-15/h4-7H,8-9,11H2,1-3H3,(H,16,19). The van der Waals surface area contributed by atoms with Crippen molar-refractivity contribution in [2.75, 3.05) is 46.1 Å². The van der Waals surface area contributed by atoms with Gasteiger partial charge in [-0.3, -0.25) is 9.69 Å². The molecule has 0 heterocycles. The van der Waals surface area contributed by atoms with E-state index < -0.39 is 0 Å². The van der Waals surface area contributed by atoms with E-state index in [1.807, 2.05) is 26.0 Å². The Labute approximate surface area is 114 Å². The minimum Gasteiger partial charge on any atom is -0.324 e. The van der Waals surface area contributed by atoms with E-state index in [1.54, 1.807) is 24.3 Å². The quantitative estimate of drug-likeness (QED) is 0.828. The third-order valence-electron chi connectivity index (χ3n) is 2.66. The fourth-order valence-electron chi connectivity index (χ4n) is 1.57. The Morgan fingerprint density at radius 1 is 1.26 bits per heavy atom. The van der Waals surface area contributed by atoms with Gasteiger partial charge in [-0.15, -0.1) is 0 Å². The van der Waals surface area contributed by atoms with Gasteiger partial charge in [0.25, 0.3) is 0 Å². The highest BCUT2D eigenvalue weighted by Crippen LogP contribution is 2.13. The Morgan fingerprint density at radius 3 is 2.58 bits per heavy atom. The molecule has 0 saturated carbocycles. The van der Waals surface area contributed by atoms with Crippen LogP contribution in [-0.2, 0) is 4.79 Å². The van der Waals surface area contributed by atoms with Gasteiger partial charge < -0.3 is 10.2 Å². The van der Waals surface area contributed by atoms with Gasteiger partial charge in [-0.2, -0.15) is 5.26 Å². The van der Waals surface area contributed by atoms with Crippen LogP contribution in [-0.4, -0.2) is 56.5 Å². The smallest absolute Gasteiger partial charge is 0.238 e. The number of nitrogens with zero attached hydrogens (tertiary/aromatic N) is 3. The molecule has 5 nitrogen and oxygen atoms in total. The fraction of sp³-hybridized carbons (Fsp3) is 0.429. The molecule has 0 aliphatic carbocycles. The maximum Gasteiger partial charge on any atom is 0.238 e. The van der Waals surface area contributed by atoms with E-state index in [1.165, 1.54) is 0 Å². The molecule has 0 fully saturated rings. The van der Waals surface area contributed by atoms with Crippen LogP contribution < -0.4 is 5.32 Å². The molecule has 1 aromatic rings. The van der Waals surface area contributed by atoms with Gasteiger partial charge in [0.1, 0.15) is 6.07 Å². The van der Waals surface area contributed by atoms with Gasteiger partial charge in [-0.1, -0.05) is 12.1 Å². The number of nitriles is 1. The first-order valence-electron chi connectivity index (χ1n) is 6.15. The molecule has 0 aliphatic heterocycles. The zero-order valence-corrected chi connectivity index (χ0v) is 11.7. The number of benzene rings is 1. The third kappa shape index (κ3) is 5.51. The highest BCUT2D eigenvalue weighted by molar-refractivity contribution is 5.93. The lowest BCUT2D eigenvalue weighted by Crippen LogP contribution is -2.35. The summed E-state index contributed by atoms with van der Waals surface area (Å²) in [6.07, 6.45) is 0. The number of anilines is 1. The van der Waals surface area contributed by atoms with Crippen LogP contribution in [0.3, 0.4) is 0 Å². The van der Waals surface area contributed by atoms with Crippen LogP contribution >= 0.6 is 0 Å². The van der Waals surface area contributed by atoms with Crippen molar-refractivity contribution < 1.29 is 4.79 Å². The van der Waals surface area contributed by atoms with Gasteiger partial charge in [-0.05, 0) is 33.3 Å². The van der Waals surface area contributed by atoms with Crippen molar-refractivity contribution in [3.8, 4) is 6.07 Å². The van der Waals surface area contributed by atoms with Crippen LogP contribution in [0, 0.1) is 11.3 Å². The van der Waals surface area contributed by atoms with Crippen LogP contribution in [0.5, 0.6) is 0 Å². The Kier molecular flexibility index (Phi) is 6.00. The highest BCUT2D eigenvalue weighted by Gasteiger charge is 2.09. The second-order valence-electron chi connectivity index (χ2n) is 4.75. The molecule has 5 heteroatoms. The van der Waals surface area contributed by atoms with Gasteiger partial charge in [0.05, 0.1) is 17.8 Å². The van der Waals surface area contributed by atoms with E-state index in [9.17, 15) is 4.79 Å². The van der Waals surface area contributed by atoms with Crippen molar-refractivity contribution in [1.29, 1.82) is 5.26 Å². The zero-order valence-electron chi connectivity index (χ0n) is 11.7. The summed E-state index contributed by atoms with van der Waals surface area (Å²) in [7, 11) is 5.90. The summed E-state index contributed by atoms with van der Waals surface area (Å²) < 4.78 is 0. The van der Waals surface area contributed by atoms with Crippen LogP contribution in [0.15, 0.2) is 24.3 Å². The Morgan fingerprint density at radius 2 is 1.95 bits per heavy atom. The second kappa shape index (κ2) is 7.52. The lowest BCUT2D eigenvalue weighted by molar-refractivity contribution is -0.117. The van der Waals surface area contributed by atoms with Gasteiger partial charge >= 0.3 is 0 Å². The van der Waals surface area contributed by atoms with E-state index in [-0.39, 0.29) is 5.91 Å². The number of amides is 1. The average Bonchev–Trinajstić information content (AvgIpc) is 2.37.